The van der Waals surface area contributed by atoms with Crippen molar-refractivity contribution >= 4 is 22.6 Å². The lowest BCUT2D eigenvalue weighted by molar-refractivity contribution is 0.922. The Balaban J connectivity index is 2.18. The highest BCUT2D eigenvalue weighted by Crippen LogP contribution is 2.26. The van der Waals surface area contributed by atoms with Gasteiger partial charge < -0.3 is 0 Å². The van der Waals surface area contributed by atoms with Gasteiger partial charge in [0.15, 0.2) is 5.65 Å². The van der Waals surface area contributed by atoms with Crippen LogP contribution in [0.5, 0.6) is 0 Å². The van der Waals surface area contributed by atoms with Gasteiger partial charge in [-0.15, -0.1) is 0 Å². The maximum atomic E-state index is 5.96. The molecule has 0 unspecified atom stereocenters. The van der Waals surface area contributed by atoms with Crippen molar-refractivity contribution in [1.82, 2.24) is 20.2 Å². The molecule has 0 bridgehead atoms. The van der Waals surface area contributed by atoms with E-state index in [-0.39, 0.29) is 5.28 Å². The van der Waals surface area contributed by atoms with Crippen molar-refractivity contribution in [2.45, 2.75) is 19.8 Å². The van der Waals surface area contributed by atoms with Gasteiger partial charge >= 0.3 is 0 Å². The van der Waals surface area contributed by atoms with Crippen molar-refractivity contribution in [2.75, 3.05) is 0 Å². The lowest BCUT2D eigenvalue weighted by atomic mass is 10.0. The van der Waals surface area contributed by atoms with Crippen molar-refractivity contribution < 1.29 is 0 Å². The SMILES string of the molecule is CCCc1cccc(-c2nc(Cl)nc3[nH]ncc23)c1. The topological polar surface area (TPSA) is 54.5 Å². The van der Waals surface area contributed by atoms with Gasteiger partial charge in [0.2, 0.25) is 5.28 Å². The number of aromatic nitrogens is 4. The molecule has 0 aliphatic rings. The molecule has 3 aromatic rings. The Hall–Kier alpha value is -1.94. The number of aryl methyl sites for hydroxylation is 1. The van der Waals surface area contributed by atoms with Crippen LogP contribution in [0.2, 0.25) is 5.28 Å². The summed E-state index contributed by atoms with van der Waals surface area (Å²) in [6, 6.07) is 8.35. The molecule has 5 heteroatoms. The van der Waals surface area contributed by atoms with Gasteiger partial charge in [0, 0.05) is 5.56 Å². The molecule has 2 aromatic heterocycles. The van der Waals surface area contributed by atoms with E-state index in [0.29, 0.717) is 5.65 Å². The minimum absolute atomic E-state index is 0.229. The van der Waals surface area contributed by atoms with Crippen LogP contribution in [0, 0.1) is 0 Å². The second kappa shape index (κ2) is 4.97. The third kappa shape index (κ3) is 2.31. The molecule has 0 atom stereocenters. The summed E-state index contributed by atoms with van der Waals surface area (Å²) in [6.07, 6.45) is 3.91. The van der Waals surface area contributed by atoms with Crippen LogP contribution in [0.4, 0.5) is 0 Å². The van der Waals surface area contributed by atoms with Crippen molar-refractivity contribution in [1.29, 1.82) is 0 Å². The van der Waals surface area contributed by atoms with Gasteiger partial charge in [-0.1, -0.05) is 31.5 Å². The first-order valence-electron chi connectivity index (χ1n) is 6.24. The minimum Gasteiger partial charge on any atom is -0.261 e. The highest BCUT2D eigenvalue weighted by Gasteiger charge is 2.10. The Labute approximate surface area is 115 Å². The molecule has 0 spiro atoms. The Morgan fingerprint density at radius 3 is 3.00 bits per heavy atom. The molecule has 1 N–H and O–H groups in total. The van der Waals surface area contributed by atoms with Gasteiger partial charge in [-0.25, -0.2) is 4.98 Å². The zero-order chi connectivity index (χ0) is 13.2. The predicted octanol–water partition coefficient (Wildman–Crippen LogP) is 3.63. The van der Waals surface area contributed by atoms with Gasteiger partial charge in [0.25, 0.3) is 0 Å². The second-order valence-electron chi connectivity index (χ2n) is 4.42. The van der Waals surface area contributed by atoms with Gasteiger partial charge in [-0.05, 0) is 29.7 Å². The Kier molecular flexibility index (Phi) is 3.17. The largest absolute Gasteiger partial charge is 0.261 e. The van der Waals surface area contributed by atoms with E-state index in [2.05, 4.69) is 39.2 Å². The number of fused-ring (bicyclic) bond motifs is 1. The molecule has 0 fully saturated rings. The fourth-order valence-corrected chi connectivity index (χ4v) is 2.36. The van der Waals surface area contributed by atoms with E-state index in [4.69, 9.17) is 11.6 Å². The Morgan fingerprint density at radius 1 is 1.26 bits per heavy atom. The first-order chi connectivity index (χ1) is 9.28. The summed E-state index contributed by atoms with van der Waals surface area (Å²) in [5, 5.41) is 7.94. The quantitative estimate of drug-likeness (QED) is 0.741. The number of benzene rings is 1. The van der Waals surface area contributed by atoms with Crippen LogP contribution in [0.1, 0.15) is 18.9 Å². The number of rotatable bonds is 3. The fraction of sp³-hybridized carbons (Fsp3) is 0.214. The summed E-state index contributed by atoms with van der Waals surface area (Å²) >= 11 is 5.96. The van der Waals surface area contributed by atoms with E-state index in [1.807, 2.05) is 12.1 Å². The molecule has 0 saturated carbocycles. The highest BCUT2D eigenvalue weighted by molar-refractivity contribution is 6.28. The van der Waals surface area contributed by atoms with Crippen LogP contribution in [-0.4, -0.2) is 20.2 Å². The Morgan fingerprint density at radius 2 is 2.16 bits per heavy atom. The van der Waals surface area contributed by atoms with Gasteiger partial charge in [-0.2, -0.15) is 10.1 Å². The number of nitrogens with one attached hydrogen (secondary N) is 1. The minimum atomic E-state index is 0.229. The van der Waals surface area contributed by atoms with Crippen molar-refractivity contribution in [3.8, 4) is 11.3 Å². The molecule has 4 nitrogen and oxygen atoms in total. The fourth-order valence-electron chi connectivity index (χ4n) is 2.19. The highest BCUT2D eigenvalue weighted by atomic mass is 35.5. The Bertz CT molecular complexity index is 720. The first-order valence-corrected chi connectivity index (χ1v) is 6.61. The number of nitrogens with zero attached hydrogens (tertiary/aromatic N) is 3. The zero-order valence-electron chi connectivity index (χ0n) is 10.5. The van der Waals surface area contributed by atoms with E-state index in [1.165, 1.54) is 5.56 Å². The van der Waals surface area contributed by atoms with Gasteiger partial charge in [-0.3, -0.25) is 5.10 Å². The average Bonchev–Trinajstić information content (AvgIpc) is 2.86. The molecule has 96 valence electrons. The smallest absolute Gasteiger partial charge is 0.224 e. The maximum absolute atomic E-state index is 5.96. The van der Waals surface area contributed by atoms with E-state index < -0.39 is 0 Å². The summed E-state index contributed by atoms with van der Waals surface area (Å²) in [5.41, 5.74) is 3.82. The average molecular weight is 273 g/mol. The molecule has 19 heavy (non-hydrogen) atoms. The van der Waals surface area contributed by atoms with Crippen LogP contribution >= 0.6 is 11.6 Å². The summed E-state index contributed by atoms with van der Waals surface area (Å²) in [7, 11) is 0. The molecule has 1 aromatic carbocycles. The molecular formula is C14H13ClN4. The van der Waals surface area contributed by atoms with E-state index >= 15 is 0 Å². The number of hydrogen-bond donors (Lipinski definition) is 1. The van der Waals surface area contributed by atoms with Crippen molar-refractivity contribution in [3.63, 3.8) is 0 Å². The van der Waals surface area contributed by atoms with E-state index in [1.54, 1.807) is 6.20 Å². The molecule has 3 rings (SSSR count). The van der Waals surface area contributed by atoms with Crippen LogP contribution in [0.15, 0.2) is 30.5 Å². The van der Waals surface area contributed by atoms with Crippen LogP contribution in [0.3, 0.4) is 0 Å². The summed E-state index contributed by atoms with van der Waals surface area (Å²) in [5.74, 6) is 0. The summed E-state index contributed by atoms with van der Waals surface area (Å²) in [4.78, 5) is 8.46. The predicted molar refractivity (Wildman–Crippen MR) is 76.1 cm³/mol. The number of H-pyrrole nitrogens is 1. The van der Waals surface area contributed by atoms with Crippen LogP contribution < -0.4 is 0 Å². The van der Waals surface area contributed by atoms with Crippen LogP contribution in [-0.2, 0) is 6.42 Å². The molecule has 0 amide bonds. The van der Waals surface area contributed by atoms with Gasteiger partial charge in [0.05, 0.1) is 17.3 Å². The third-order valence-corrected chi connectivity index (χ3v) is 3.19. The monoisotopic (exact) mass is 272 g/mol. The third-order valence-electron chi connectivity index (χ3n) is 3.02. The van der Waals surface area contributed by atoms with E-state index in [9.17, 15) is 0 Å². The maximum Gasteiger partial charge on any atom is 0.224 e. The lowest BCUT2D eigenvalue weighted by Crippen LogP contribution is -1.91. The normalized spacial score (nSPS) is 11.1. The lowest BCUT2D eigenvalue weighted by Gasteiger charge is -2.05. The second-order valence-corrected chi connectivity index (χ2v) is 4.76. The van der Waals surface area contributed by atoms with Crippen LogP contribution in [0.25, 0.3) is 22.3 Å². The zero-order valence-corrected chi connectivity index (χ0v) is 11.3. The molecule has 0 radical (unpaired) electrons. The molecule has 0 aliphatic carbocycles. The standard InChI is InChI=1S/C14H13ClN4/c1-2-4-9-5-3-6-10(7-9)12-11-8-16-19-13(11)18-14(15)17-12/h3,5-8H,2,4H2,1H3,(H,16,17,18,19). The first kappa shape index (κ1) is 12.1. The van der Waals surface area contributed by atoms with E-state index in [0.717, 1.165) is 29.5 Å². The number of aromatic amines is 1. The summed E-state index contributed by atoms with van der Waals surface area (Å²) < 4.78 is 0. The number of hydrogen-bond acceptors (Lipinski definition) is 3. The molecule has 0 saturated heterocycles. The van der Waals surface area contributed by atoms with Crippen molar-refractivity contribution in [2.24, 2.45) is 0 Å². The molecular weight excluding hydrogens is 260 g/mol. The molecule has 2 heterocycles. The van der Waals surface area contributed by atoms with Gasteiger partial charge in [0.1, 0.15) is 0 Å². The van der Waals surface area contributed by atoms with Crippen molar-refractivity contribution in [3.05, 3.63) is 41.3 Å². The summed E-state index contributed by atoms with van der Waals surface area (Å²) in [6.45, 7) is 2.17. The number of halogens is 1. The molecule has 0 aliphatic heterocycles.